The molecule has 6 heteroatoms. The highest BCUT2D eigenvalue weighted by molar-refractivity contribution is 5.83. The van der Waals surface area contributed by atoms with Gasteiger partial charge in [0.05, 0.1) is 12.2 Å². The Morgan fingerprint density at radius 2 is 1.89 bits per heavy atom. The van der Waals surface area contributed by atoms with E-state index in [-0.39, 0.29) is 24.5 Å². The number of aliphatic hydroxyl groups is 1. The van der Waals surface area contributed by atoms with Crippen molar-refractivity contribution < 1.29 is 19.4 Å². The van der Waals surface area contributed by atoms with Crippen LogP contribution in [-0.4, -0.2) is 42.5 Å². The van der Waals surface area contributed by atoms with Crippen molar-refractivity contribution in [3.05, 3.63) is 77.4 Å². The van der Waals surface area contributed by atoms with E-state index in [1.54, 1.807) is 25.1 Å². The fourth-order valence-corrected chi connectivity index (χ4v) is 4.06. The van der Waals surface area contributed by atoms with Gasteiger partial charge in [-0.25, -0.2) is 0 Å². The molecule has 0 aliphatic rings. The summed E-state index contributed by atoms with van der Waals surface area (Å²) in [7, 11) is 0. The van der Waals surface area contributed by atoms with Crippen LogP contribution in [0.25, 0.3) is 10.8 Å². The number of hydrogen-bond donors (Lipinski definition) is 2. The van der Waals surface area contributed by atoms with Gasteiger partial charge < -0.3 is 19.9 Å². The second-order valence-corrected chi connectivity index (χ2v) is 9.29. The number of aryl methyl sites for hydroxylation is 1. The Kier molecular flexibility index (Phi) is 9.25. The van der Waals surface area contributed by atoms with Crippen LogP contribution in [-0.2, 0) is 22.4 Å². The number of β-amino-alcohol motifs (C(OH)–C–C–N with tert-alkyl or cyclic N) is 1. The maximum Gasteiger partial charge on any atom is 0.306 e. The summed E-state index contributed by atoms with van der Waals surface area (Å²) in [4.78, 5) is 11.7. The van der Waals surface area contributed by atoms with Gasteiger partial charge in [-0.1, -0.05) is 54.6 Å². The number of carbonyl (C=O) groups is 1. The van der Waals surface area contributed by atoms with Crippen LogP contribution < -0.4 is 10.1 Å². The zero-order chi connectivity index (χ0) is 25.3. The lowest BCUT2D eigenvalue weighted by atomic mass is 9.93. The van der Waals surface area contributed by atoms with Gasteiger partial charge in [-0.05, 0) is 61.6 Å². The van der Waals surface area contributed by atoms with Crippen molar-refractivity contribution in [2.45, 2.75) is 51.7 Å². The van der Waals surface area contributed by atoms with E-state index in [1.807, 2.05) is 12.1 Å². The van der Waals surface area contributed by atoms with E-state index in [0.717, 1.165) is 12.0 Å². The molecule has 0 aliphatic carbocycles. The second kappa shape index (κ2) is 12.3. The Balaban J connectivity index is 1.52. The van der Waals surface area contributed by atoms with E-state index in [4.69, 9.17) is 9.47 Å². The molecule has 184 valence electrons. The molecule has 0 amide bonds. The largest absolute Gasteiger partial charge is 0.489 e. The molecule has 1 atom stereocenters. The van der Waals surface area contributed by atoms with E-state index in [1.165, 1.54) is 16.3 Å². The summed E-state index contributed by atoms with van der Waals surface area (Å²) in [6.45, 7) is 6.71. The third-order valence-electron chi connectivity index (χ3n) is 5.84. The summed E-state index contributed by atoms with van der Waals surface area (Å²) in [6, 6.07) is 22.2. The molecule has 6 nitrogen and oxygen atoms in total. The SMILES string of the molecule is CCOC(=O)CCc1cccc(OC[C@H](O)CNC(C)(C)Cc2ccc3ccccc3c2)c1C#N. The molecule has 0 fully saturated rings. The van der Waals surface area contributed by atoms with E-state index < -0.39 is 6.10 Å². The van der Waals surface area contributed by atoms with Crippen molar-refractivity contribution in [1.29, 1.82) is 5.26 Å². The highest BCUT2D eigenvalue weighted by Crippen LogP contribution is 2.23. The van der Waals surface area contributed by atoms with Crippen LogP contribution in [0.2, 0.25) is 0 Å². The molecule has 3 rings (SSSR count). The van der Waals surface area contributed by atoms with Crippen molar-refractivity contribution in [2.75, 3.05) is 19.8 Å². The number of fused-ring (bicyclic) bond motifs is 1. The summed E-state index contributed by atoms with van der Waals surface area (Å²) in [5.74, 6) is 0.110. The lowest BCUT2D eigenvalue weighted by Crippen LogP contribution is -2.46. The predicted molar refractivity (Wildman–Crippen MR) is 137 cm³/mol. The third-order valence-corrected chi connectivity index (χ3v) is 5.84. The number of nitrogens with zero attached hydrogens (tertiary/aromatic N) is 1. The average Bonchev–Trinajstić information content (AvgIpc) is 2.84. The topological polar surface area (TPSA) is 91.6 Å². The second-order valence-electron chi connectivity index (χ2n) is 9.29. The number of nitrogens with one attached hydrogen (secondary N) is 1. The highest BCUT2D eigenvalue weighted by Gasteiger charge is 2.20. The minimum atomic E-state index is -0.749. The lowest BCUT2D eigenvalue weighted by molar-refractivity contribution is -0.143. The van der Waals surface area contributed by atoms with Crippen LogP contribution in [0.1, 0.15) is 43.9 Å². The molecule has 0 radical (unpaired) electrons. The van der Waals surface area contributed by atoms with Gasteiger partial charge in [-0.2, -0.15) is 5.26 Å². The zero-order valence-electron chi connectivity index (χ0n) is 20.7. The van der Waals surface area contributed by atoms with Crippen molar-refractivity contribution in [2.24, 2.45) is 0 Å². The van der Waals surface area contributed by atoms with E-state index in [0.29, 0.717) is 30.9 Å². The van der Waals surface area contributed by atoms with E-state index in [9.17, 15) is 15.2 Å². The first kappa shape index (κ1) is 26.2. The summed E-state index contributed by atoms with van der Waals surface area (Å²) in [5, 5.41) is 26.0. The third kappa shape index (κ3) is 7.81. The molecular formula is C29H34N2O4. The first-order valence-corrected chi connectivity index (χ1v) is 12.0. The molecule has 3 aromatic rings. The van der Waals surface area contributed by atoms with Crippen molar-refractivity contribution in [3.8, 4) is 11.8 Å². The number of ether oxygens (including phenoxy) is 2. The molecule has 0 aromatic heterocycles. The maximum absolute atomic E-state index is 11.7. The number of rotatable bonds is 12. The Bertz CT molecular complexity index is 1180. The first-order valence-electron chi connectivity index (χ1n) is 12.0. The van der Waals surface area contributed by atoms with Crippen LogP contribution in [0, 0.1) is 11.3 Å². The Hall–Kier alpha value is -3.40. The lowest BCUT2D eigenvalue weighted by Gasteiger charge is -2.28. The maximum atomic E-state index is 11.7. The quantitative estimate of drug-likeness (QED) is 0.374. The average molecular weight is 475 g/mol. The first-order chi connectivity index (χ1) is 16.8. The van der Waals surface area contributed by atoms with Crippen LogP contribution in [0.4, 0.5) is 0 Å². The number of aliphatic hydroxyl groups excluding tert-OH is 1. The van der Waals surface area contributed by atoms with Crippen molar-refractivity contribution in [1.82, 2.24) is 5.32 Å². The van der Waals surface area contributed by atoms with Crippen molar-refractivity contribution >= 4 is 16.7 Å². The summed E-state index contributed by atoms with van der Waals surface area (Å²) in [5.41, 5.74) is 2.11. The predicted octanol–water partition coefficient (Wildman–Crippen LogP) is 4.56. The molecule has 0 bridgehead atoms. The van der Waals surface area contributed by atoms with Gasteiger partial charge in [-0.3, -0.25) is 4.79 Å². The van der Waals surface area contributed by atoms with Crippen LogP contribution in [0.15, 0.2) is 60.7 Å². The zero-order valence-corrected chi connectivity index (χ0v) is 20.7. The number of benzene rings is 3. The fraction of sp³-hybridized carbons (Fsp3) is 0.379. The standard InChI is InChI=1S/C29H34N2O4/c1-4-34-28(33)15-14-23-10-7-11-27(26(23)18-30)35-20-25(32)19-31-29(2,3)17-21-12-13-22-8-5-6-9-24(22)16-21/h5-13,16,25,31-32H,4,14-15,17,19-20H2,1-3H3/t25-/m1/s1. The van der Waals surface area contributed by atoms with Gasteiger partial charge in [0.2, 0.25) is 0 Å². The number of nitriles is 1. The van der Waals surface area contributed by atoms with Gasteiger partial charge >= 0.3 is 5.97 Å². The monoisotopic (exact) mass is 474 g/mol. The molecule has 3 aromatic carbocycles. The Labute approximate surface area is 207 Å². The van der Waals surface area contributed by atoms with Gasteiger partial charge in [0.15, 0.2) is 0 Å². The normalized spacial score (nSPS) is 12.2. The van der Waals surface area contributed by atoms with E-state index in [2.05, 4.69) is 55.6 Å². The summed E-state index contributed by atoms with van der Waals surface area (Å²) >= 11 is 0. The van der Waals surface area contributed by atoms with Crippen LogP contribution in [0.3, 0.4) is 0 Å². The molecule has 35 heavy (non-hydrogen) atoms. The smallest absolute Gasteiger partial charge is 0.306 e. The minimum absolute atomic E-state index is 0.0507. The van der Waals surface area contributed by atoms with Gasteiger partial charge in [-0.15, -0.1) is 0 Å². The van der Waals surface area contributed by atoms with Crippen molar-refractivity contribution in [3.63, 3.8) is 0 Å². The highest BCUT2D eigenvalue weighted by atomic mass is 16.5. The summed E-state index contributed by atoms with van der Waals surface area (Å²) < 4.78 is 10.8. The Morgan fingerprint density at radius 1 is 1.11 bits per heavy atom. The molecule has 0 saturated heterocycles. The number of esters is 1. The Morgan fingerprint density at radius 3 is 2.63 bits per heavy atom. The molecule has 0 heterocycles. The minimum Gasteiger partial charge on any atom is -0.489 e. The van der Waals surface area contributed by atoms with Crippen LogP contribution in [0.5, 0.6) is 5.75 Å². The fourth-order valence-electron chi connectivity index (χ4n) is 4.06. The molecule has 0 aliphatic heterocycles. The van der Waals surface area contributed by atoms with Crippen LogP contribution >= 0.6 is 0 Å². The molecule has 0 unspecified atom stereocenters. The molecular weight excluding hydrogens is 440 g/mol. The molecule has 2 N–H and O–H groups in total. The van der Waals surface area contributed by atoms with Gasteiger partial charge in [0, 0.05) is 18.5 Å². The van der Waals surface area contributed by atoms with Gasteiger partial charge in [0.25, 0.3) is 0 Å². The van der Waals surface area contributed by atoms with E-state index >= 15 is 0 Å². The number of hydrogen-bond acceptors (Lipinski definition) is 6. The van der Waals surface area contributed by atoms with Gasteiger partial charge in [0.1, 0.15) is 24.5 Å². The summed E-state index contributed by atoms with van der Waals surface area (Å²) in [6.07, 6.45) is 0.657. The number of carbonyl (C=O) groups excluding carboxylic acids is 1. The molecule has 0 saturated carbocycles. The molecule has 0 spiro atoms.